The molecule has 1 amide bonds. The number of nitrogens with one attached hydrogen (secondary N) is 1. The van der Waals surface area contributed by atoms with Crippen LogP contribution < -0.4 is 5.32 Å². The van der Waals surface area contributed by atoms with Crippen LogP contribution in [-0.2, 0) is 11.6 Å². The van der Waals surface area contributed by atoms with E-state index in [1.807, 2.05) is 0 Å². The van der Waals surface area contributed by atoms with Gasteiger partial charge in [-0.3, -0.25) is 14.9 Å². The number of nitrogens with zero attached hydrogens (tertiary/aromatic N) is 2. The van der Waals surface area contributed by atoms with Gasteiger partial charge in [0.15, 0.2) is 0 Å². The molecule has 0 saturated heterocycles. The normalized spacial score (nSPS) is 12.1. The van der Waals surface area contributed by atoms with Crippen LogP contribution in [0.25, 0.3) is 0 Å². The number of carbonyl (C=O) groups is 1. The minimum atomic E-state index is -4.98. The Hall–Kier alpha value is -2.43. The van der Waals surface area contributed by atoms with Crippen molar-refractivity contribution in [1.29, 1.82) is 0 Å². The molecule has 0 fully saturated rings. The number of carbonyl (C=O) groups excluding carboxylic acids is 1. The topological polar surface area (TPSA) is 98.3 Å². The maximum absolute atomic E-state index is 13.2. The molecule has 2 rings (SSSR count). The minimum Gasteiger partial charge on any atom is -0.435 e. The van der Waals surface area contributed by atoms with Crippen molar-refractivity contribution < 1.29 is 27.3 Å². The van der Waals surface area contributed by atoms with Crippen LogP contribution in [0.5, 0.6) is 0 Å². The average molecular weight is 450 g/mol. The Kier molecular flexibility index (Phi) is 5.37. The van der Waals surface area contributed by atoms with Gasteiger partial charge in [0, 0.05) is 9.89 Å². The quantitative estimate of drug-likeness (QED) is 0.511. The van der Waals surface area contributed by atoms with Crippen LogP contribution in [0.2, 0.25) is 0 Å². The summed E-state index contributed by atoms with van der Waals surface area (Å²) >= 11 is 2.87. The van der Waals surface area contributed by atoms with Crippen molar-refractivity contribution in [3.05, 3.63) is 49.6 Å². The Bertz CT molecular complexity index is 917. The van der Waals surface area contributed by atoms with Gasteiger partial charge in [-0.15, -0.1) is 0 Å². The van der Waals surface area contributed by atoms with E-state index in [0.717, 1.165) is 6.07 Å². The third-order valence-corrected chi connectivity index (χ3v) is 3.91. The largest absolute Gasteiger partial charge is 0.435 e. The number of hydrogen-bond donors (Lipinski definition) is 1. The zero-order valence-electron chi connectivity index (χ0n) is 14.7. The van der Waals surface area contributed by atoms with Gasteiger partial charge in [-0.05, 0) is 19.1 Å². The first kappa shape index (κ1) is 20.9. The van der Waals surface area contributed by atoms with Gasteiger partial charge in [0.25, 0.3) is 5.91 Å². The number of nitro groups is 1. The molecule has 0 bridgehead atoms. The van der Waals surface area contributed by atoms with Crippen molar-refractivity contribution in [2.75, 3.05) is 5.32 Å². The van der Waals surface area contributed by atoms with Crippen molar-refractivity contribution in [3.63, 3.8) is 0 Å². The first-order chi connectivity index (χ1) is 12.2. The first-order valence-corrected chi connectivity index (χ1v) is 8.35. The standard InChI is InChI=1S/C16H15BrF3N3O4/c1-7-12(27-14(21-7)15(2,3)4)13(24)22-10-6-8(17)5-9(16(18,19)20)11(10)23(25)26/h5-6H,1-4H3,(H,22,24). The summed E-state index contributed by atoms with van der Waals surface area (Å²) in [7, 11) is 0. The third-order valence-electron chi connectivity index (χ3n) is 3.46. The summed E-state index contributed by atoms with van der Waals surface area (Å²) in [4.78, 5) is 26.6. The first-order valence-electron chi connectivity index (χ1n) is 7.56. The van der Waals surface area contributed by atoms with Crippen LogP contribution in [0.1, 0.15) is 48.5 Å². The highest BCUT2D eigenvalue weighted by atomic mass is 79.9. The van der Waals surface area contributed by atoms with Crippen molar-refractivity contribution in [3.8, 4) is 0 Å². The molecule has 1 aromatic heterocycles. The lowest BCUT2D eigenvalue weighted by Crippen LogP contribution is -2.16. The molecule has 1 N–H and O–H groups in total. The van der Waals surface area contributed by atoms with E-state index in [4.69, 9.17) is 4.42 Å². The van der Waals surface area contributed by atoms with E-state index in [-0.39, 0.29) is 21.8 Å². The summed E-state index contributed by atoms with van der Waals surface area (Å²) in [5, 5.41) is 13.3. The second kappa shape index (κ2) is 6.95. The molecule has 0 radical (unpaired) electrons. The zero-order chi connectivity index (χ0) is 20.7. The molecule has 2 aromatic rings. The number of aryl methyl sites for hydroxylation is 1. The molecule has 0 aliphatic heterocycles. The highest BCUT2D eigenvalue weighted by Crippen LogP contribution is 2.42. The van der Waals surface area contributed by atoms with Gasteiger partial charge in [0.2, 0.25) is 11.7 Å². The maximum Gasteiger partial charge on any atom is 0.423 e. The van der Waals surface area contributed by atoms with Crippen molar-refractivity contribution in [1.82, 2.24) is 4.98 Å². The fraction of sp³-hybridized carbons (Fsp3) is 0.375. The lowest BCUT2D eigenvalue weighted by atomic mass is 9.97. The third kappa shape index (κ3) is 4.46. The smallest absolute Gasteiger partial charge is 0.423 e. The highest BCUT2D eigenvalue weighted by Gasteiger charge is 2.41. The van der Waals surface area contributed by atoms with E-state index in [1.54, 1.807) is 20.8 Å². The van der Waals surface area contributed by atoms with Crippen LogP contribution in [0.15, 0.2) is 21.0 Å². The average Bonchev–Trinajstić information content (AvgIpc) is 2.87. The van der Waals surface area contributed by atoms with Crippen LogP contribution in [0, 0.1) is 17.0 Å². The second-order valence-electron chi connectivity index (χ2n) is 6.74. The molecule has 0 unspecified atom stereocenters. The number of alkyl halides is 3. The fourth-order valence-corrected chi connectivity index (χ4v) is 2.67. The van der Waals surface area contributed by atoms with Crippen molar-refractivity contribution >= 4 is 33.2 Å². The fourth-order valence-electron chi connectivity index (χ4n) is 2.21. The number of amides is 1. The summed E-state index contributed by atoms with van der Waals surface area (Å²) in [6.45, 7) is 6.89. The predicted molar refractivity (Wildman–Crippen MR) is 93.7 cm³/mol. The van der Waals surface area contributed by atoms with Gasteiger partial charge in [-0.25, -0.2) is 4.98 Å². The molecule has 7 nitrogen and oxygen atoms in total. The van der Waals surface area contributed by atoms with Crippen molar-refractivity contribution in [2.45, 2.75) is 39.3 Å². The molecule has 1 aromatic carbocycles. The lowest BCUT2D eigenvalue weighted by molar-refractivity contribution is -0.387. The number of halogens is 4. The number of aromatic nitrogens is 1. The number of hydrogen-bond acceptors (Lipinski definition) is 5. The maximum atomic E-state index is 13.2. The molecule has 0 atom stereocenters. The number of rotatable bonds is 3. The van der Waals surface area contributed by atoms with E-state index >= 15 is 0 Å². The second-order valence-corrected chi connectivity index (χ2v) is 7.66. The summed E-state index contributed by atoms with van der Waals surface area (Å²) in [5.74, 6) is -0.919. The van der Waals surface area contributed by atoms with Gasteiger partial charge in [0.1, 0.15) is 11.3 Å². The molecule has 27 heavy (non-hydrogen) atoms. The number of anilines is 1. The summed E-state index contributed by atoms with van der Waals surface area (Å²) in [6.07, 6.45) is -4.98. The van der Waals surface area contributed by atoms with Gasteiger partial charge >= 0.3 is 11.9 Å². The number of benzene rings is 1. The summed E-state index contributed by atoms with van der Waals surface area (Å²) in [5.41, 5.74) is -3.64. The Balaban J connectivity index is 2.52. The Morgan fingerprint density at radius 1 is 1.30 bits per heavy atom. The van der Waals surface area contributed by atoms with Crippen LogP contribution in [0.3, 0.4) is 0 Å². The summed E-state index contributed by atoms with van der Waals surface area (Å²) < 4.78 is 44.8. The van der Waals surface area contributed by atoms with Crippen LogP contribution >= 0.6 is 15.9 Å². The van der Waals surface area contributed by atoms with E-state index < -0.39 is 39.4 Å². The Morgan fingerprint density at radius 2 is 1.89 bits per heavy atom. The molecule has 0 saturated carbocycles. The molecular formula is C16H15BrF3N3O4. The predicted octanol–water partition coefficient (Wildman–Crippen LogP) is 5.22. The number of nitro benzene ring substituents is 1. The van der Waals surface area contributed by atoms with Crippen LogP contribution in [0.4, 0.5) is 24.5 Å². The van der Waals surface area contributed by atoms with Gasteiger partial charge < -0.3 is 9.73 Å². The molecule has 11 heteroatoms. The molecular weight excluding hydrogens is 435 g/mol. The van der Waals surface area contributed by atoms with E-state index in [2.05, 4.69) is 26.2 Å². The molecule has 0 aliphatic carbocycles. The van der Waals surface area contributed by atoms with Gasteiger partial charge in [-0.1, -0.05) is 36.7 Å². The van der Waals surface area contributed by atoms with E-state index in [1.165, 1.54) is 6.92 Å². The van der Waals surface area contributed by atoms with Crippen molar-refractivity contribution in [2.24, 2.45) is 0 Å². The van der Waals surface area contributed by atoms with E-state index in [0.29, 0.717) is 6.07 Å². The molecule has 146 valence electrons. The zero-order valence-corrected chi connectivity index (χ0v) is 16.3. The monoisotopic (exact) mass is 449 g/mol. The van der Waals surface area contributed by atoms with Gasteiger partial charge in [-0.2, -0.15) is 13.2 Å². The number of oxazole rings is 1. The molecule has 1 heterocycles. The van der Waals surface area contributed by atoms with E-state index in [9.17, 15) is 28.1 Å². The molecule has 0 spiro atoms. The Morgan fingerprint density at radius 3 is 2.33 bits per heavy atom. The minimum absolute atomic E-state index is 0.0830. The highest BCUT2D eigenvalue weighted by molar-refractivity contribution is 9.10. The summed E-state index contributed by atoms with van der Waals surface area (Å²) in [6, 6.07) is 1.59. The van der Waals surface area contributed by atoms with Gasteiger partial charge in [0.05, 0.1) is 10.6 Å². The SMILES string of the molecule is Cc1nc(C(C)(C)C)oc1C(=O)Nc1cc(Br)cc(C(F)(F)F)c1[N+](=O)[O-]. The molecule has 0 aliphatic rings. The lowest BCUT2D eigenvalue weighted by Gasteiger charge is -2.13. The Labute approximate surface area is 160 Å². The van der Waals surface area contributed by atoms with Crippen LogP contribution in [-0.4, -0.2) is 15.8 Å².